The Kier molecular flexibility index (Phi) is 11.6. The standard InChI is InChI=1S/C31H43ClFN3O2/c1-23(2)19-31(38)36-18-8-16-34(21-24(3)4)15-7-17-35(22-26-20-27(33)12-13-29(26)36)30(37)14-11-25-9-5-6-10-28(25)32/h5-6,9-10,12-13,20,23-24H,7-8,11,14-19,21-22H2,1-4H3. The molecule has 1 aliphatic rings. The van der Waals surface area contributed by atoms with Crippen molar-refractivity contribution < 1.29 is 14.0 Å². The lowest BCUT2D eigenvalue weighted by Gasteiger charge is -2.32. The molecule has 0 saturated carbocycles. The highest BCUT2D eigenvalue weighted by Crippen LogP contribution is 2.27. The Morgan fingerprint density at radius 1 is 0.921 bits per heavy atom. The van der Waals surface area contributed by atoms with E-state index in [9.17, 15) is 14.0 Å². The van der Waals surface area contributed by atoms with Crippen LogP contribution < -0.4 is 4.90 Å². The van der Waals surface area contributed by atoms with E-state index in [-0.39, 0.29) is 30.1 Å². The first-order chi connectivity index (χ1) is 18.1. The van der Waals surface area contributed by atoms with Gasteiger partial charge in [-0.1, -0.05) is 57.5 Å². The fourth-order valence-corrected chi connectivity index (χ4v) is 5.36. The van der Waals surface area contributed by atoms with E-state index in [0.29, 0.717) is 54.5 Å². The molecule has 0 spiro atoms. The Bertz CT molecular complexity index is 1070. The molecule has 2 aromatic rings. The Morgan fingerprint density at radius 3 is 2.32 bits per heavy atom. The normalized spacial score (nSPS) is 15.8. The monoisotopic (exact) mass is 543 g/mol. The number of anilines is 1. The number of fused-ring (bicyclic) bond motifs is 1. The van der Waals surface area contributed by atoms with Crippen LogP contribution in [-0.2, 0) is 22.6 Å². The van der Waals surface area contributed by atoms with Crippen LogP contribution in [0.3, 0.4) is 0 Å². The number of hydrogen-bond donors (Lipinski definition) is 0. The summed E-state index contributed by atoms with van der Waals surface area (Å²) in [5, 5.41) is 0.657. The molecule has 208 valence electrons. The smallest absolute Gasteiger partial charge is 0.227 e. The van der Waals surface area contributed by atoms with E-state index in [4.69, 9.17) is 11.6 Å². The fourth-order valence-electron chi connectivity index (χ4n) is 5.13. The van der Waals surface area contributed by atoms with Gasteiger partial charge >= 0.3 is 0 Å². The van der Waals surface area contributed by atoms with Crippen molar-refractivity contribution in [1.82, 2.24) is 9.80 Å². The number of benzene rings is 2. The maximum atomic E-state index is 14.5. The topological polar surface area (TPSA) is 43.9 Å². The van der Waals surface area contributed by atoms with Crippen LogP contribution in [-0.4, -0.2) is 54.3 Å². The van der Waals surface area contributed by atoms with Crippen LogP contribution in [0, 0.1) is 17.7 Å². The van der Waals surface area contributed by atoms with Crippen LogP contribution in [0.1, 0.15) is 64.5 Å². The maximum Gasteiger partial charge on any atom is 0.227 e. The van der Waals surface area contributed by atoms with E-state index in [2.05, 4.69) is 18.7 Å². The van der Waals surface area contributed by atoms with Gasteiger partial charge in [-0.25, -0.2) is 4.39 Å². The lowest BCUT2D eigenvalue weighted by Crippen LogP contribution is -2.40. The van der Waals surface area contributed by atoms with Crippen molar-refractivity contribution >= 4 is 29.1 Å². The molecule has 0 saturated heterocycles. The summed E-state index contributed by atoms with van der Waals surface area (Å²) in [6.07, 6.45) is 2.97. The third kappa shape index (κ3) is 9.09. The van der Waals surface area contributed by atoms with Gasteiger partial charge in [-0.3, -0.25) is 9.59 Å². The highest BCUT2D eigenvalue weighted by Gasteiger charge is 2.24. The first kappa shape index (κ1) is 30.1. The van der Waals surface area contributed by atoms with Crippen LogP contribution in [0.2, 0.25) is 5.02 Å². The summed E-state index contributed by atoms with van der Waals surface area (Å²) >= 11 is 6.33. The lowest BCUT2D eigenvalue weighted by molar-refractivity contribution is -0.131. The molecule has 0 bridgehead atoms. The van der Waals surface area contributed by atoms with Crippen LogP contribution in [0.5, 0.6) is 0 Å². The van der Waals surface area contributed by atoms with Crippen LogP contribution in [0.15, 0.2) is 42.5 Å². The average Bonchev–Trinajstić information content (AvgIpc) is 2.84. The highest BCUT2D eigenvalue weighted by molar-refractivity contribution is 6.31. The molecule has 7 heteroatoms. The Balaban J connectivity index is 1.91. The minimum absolute atomic E-state index is 0.00709. The minimum Gasteiger partial charge on any atom is -0.338 e. The predicted octanol–water partition coefficient (Wildman–Crippen LogP) is 6.57. The van der Waals surface area contributed by atoms with Gasteiger partial charge in [-0.05, 0) is 79.6 Å². The molecule has 3 rings (SSSR count). The van der Waals surface area contributed by atoms with E-state index in [0.717, 1.165) is 38.0 Å². The van der Waals surface area contributed by atoms with E-state index in [1.165, 1.54) is 12.1 Å². The van der Waals surface area contributed by atoms with E-state index in [1.807, 2.05) is 47.9 Å². The second-order valence-corrected chi connectivity index (χ2v) is 11.6. The van der Waals surface area contributed by atoms with Gasteiger partial charge in [0.05, 0.1) is 0 Å². The molecule has 0 atom stereocenters. The number of nitrogens with zero attached hydrogens (tertiary/aromatic N) is 3. The maximum absolute atomic E-state index is 14.5. The quantitative estimate of drug-likeness (QED) is 0.396. The molecule has 0 fully saturated rings. The molecule has 0 unspecified atom stereocenters. The summed E-state index contributed by atoms with van der Waals surface area (Å²) < 4.78 is 14.5. The Hall–Kier alpha value is -2.44. The third-order valence-corrected chi connectivity index (χ3v) is 7.25. The van der Waals surface area contributed by atoms with E-state index < -0.39 is 0 Å². The molecule has 38 heavy (non-hydrogen) atoms. The predicted molar refractivity (Wildman–Crippen MR) is 154 cm³/mol. The minimum atomic E-state index is -0.362. The highest BCUT2D eigenvalue weighted by atomic mass is 35.5. The molecule has 0 N–H and O–H groups in total. The fraction of sp³-hybridized carbons (Fsp3) is 0.548. The summed E-state index contributed by atoms with van der Waals surface area (Å²) in [4.78, 5) is 33.0. The zero-order valence-corrected chi connectivity index (χ0v) is 24.1. The van der Waals surface area contributed by atoms with E-state index >= 15 is 0 Å². The SMILES string of the molecule is CC(C)CC(=O)N1CCCN(CC(C)C)CCCN(C(=O)CCc2ccccc2Cl)Cc2cc(F)ccc21. The molecular weight excluding hydrogens is 501 g/mol. The number of aryl methyl sites for hydroxylation is 1. The Morgan fingerprint density at radius 2 is 1.63 bits per heavy atom. The third-order valence-electron chi connectivity index (χ3n) is 6.88. The molecule has 1 aliphatic heterocycles. The van der Waals surface area contributed by atoms with Crippen LogP contribution in [0.4, 0.5) is 10.1 Å². The van der Waals surface area contributed by atoms with Crippen molar-refractivity contribution in [3.8, 4) is 0 Å². The number of carbonyl (C=O) groups is 2. The molecule has 0 aliphatic carbocycles. The van der Waals surface area contributed by atoms with Crippen molar-refractivity contribution in [3.05, 3.63) is 64.4 Å². The van der Waals surface area contributed by atoms with Crippen molar-refractivity contribution in [1.29, 1.82) is 0 Å². The summed E-state index contributed by atoms with van der Waals surface area (Å²) in [7, 11) is 0. The second kappa shape index (κ2) is 14.6. The van der Waals surface area contributed by atoms with Crippen molar-refractivity contribution in [2.75, 3.05) is 37.6 Å². The van der Waals surface area contributed by atoms with Gasteiger partial charge in [0.1, 0.15) is 5.82 Å². The number of halogens is 2. The van der Waals surface area contributed by atoms with Gasteiger partial charge in [-0.15, -0.1) is 0 Å². The van der Waals surface area contributed by atoms with Gasteiger partial charge in [-0.2, -0.15) is 0 Å². The Labute approximate surface area is 232 Å². The second-order valence-electron chi connectivity index (χ2n) is 11.2. The molecule has 0 radical (unpaired) electrons. The summed E-state index contributed by atoms with van der Waals surface area (Å²) in [6.45, 7) is 12.6. The summed E-state index contributed by atoms with van der Waals surface area (Å²) in [5.41, 5.74) is 2.32. The number of hydrogen-bond acceptors (Lipinski definition) is 3. The largest absolute Gasteiger partial charge is 0.338 e. The zero-order chi connectivity index (χ0) is 27.7. The number of rotatable bonds is 7. The van der Waals surface area contributed by atoms with Crippen molar-refractivity contribution in [2.24, 2.45) is 11.8 Å². The van der Waals surface area contributed by atoms with Crippen LogP contribution >= 0.6 is 11.6 Å². The van der Waals surface area contributed by atoms with Crippen LogP contribution in [0.25, 0.3) is 0 Å². The summed E-state index contributed by atoms with van der Waals surface area (Å²) in [5.74, 6) is 0.426. The van der Waals surface area contributed by atoms with E-state index in [1.54, 1.807) is 6.07 Å². The first-order valence-electron chi connectivity index (χ1n) is 14.0. The zero-order valence-electron chi connectivity index (χ0n) is 23.4. The van der Waals surface area contributed by atoms with Gasteiger partial charge in [0.15, 0.2) is 0 Å². The lowest BCUT2D eigenvalue weighted by atomic mass is 10.1. The molecule has 1 heterocycles. The van der Waals surface area contributed by atoms with Gasteiger partial charge < -0.3 is 14.7 Å². The number of amides is 2. The van der Waals surface area contributed by atoms with Gasteiger partial charge in [0.2, 0.25) is 11.8 Å². The number of carbonyl (C=O) groups excluding carboxylic acids is 2. The average molecular weight is 544 g/mol. The van der Waals surface area contributed by atoms with Gasteiger partial charge in [0, 0.05) is 49.7 Å². The first-order valence-corrected chi connectivity index (χ1v) is 14.3. The summed E-state index contributed by atoms with van der Waals surface area (Å²) in [6, 6.07) is 12.2. The molecule has 2 aromatic carbocycles. The molecule has 5 nitrogen and oxygen atoms in total. The molecule has 2 amide bonds. The van der Waals surface area contributed by atoms with Gasteiger partial charge in [0.25, 0.3) is 0 Å². The van der Waals surface area contributed by atoms with Crippen molar-refractivity contribution in [2.45, 2.75) is 66.3 Å². The molecular formula is C31H43ClFN3O2. The van der Waals surface area contributed by atoms with Crippen molar-refractivity contribution in [3.63, 3.8) is 0 Å². The molecule has 0 aromatic heterocycles.